The first-order chi connectivity index (χ1) is 6.79. The van der Waals surface area contributed by atoms with Crippen LogP contribution in [0.4, 0.5) is 0 Å². The van der Waals surface area contributed by atoms with E-state index in [1.165, 1.54) is 51.4 Å². The maximum absolute atomic E-state index is 4.10. The van der Waals surface area contributed by atoms with E-state index in [9.17, 15) is 0 Å². The van der Waals surface area contributed by atoms with E-state index in [1.807, 2.05) is 0 Å². The lowest BCUT2D eigenvalue weighted by Crippen LogP contribution is -2.44. The van der Waals surface area contributed by atoms with Gasteiger partial charge in [-0.05, 0) is 36.5 Å². The minimum Gasteiger partial charge on any atom is -0.102 e. The van der Waals surface area contributed by atoms with Gasteiger partial charge >= 0.3 is 0 Å². The molecule has 0 radical (unpaired) electrons. The zero-order chi connectivity index (χ0) is 10.1. The Morgan fingerprint density at radius 2 is 0.929 bits per heavy atom. The standard InChI is InChI=1S/C14H22/c1-3-13-9-5-7-11-14(13,4-2)12-8-6-10-13/h3-4H,1-2,5-12H2. The number of hydrogen-bond acceptors (Lipinski definition) is 0. The third-order valence-electron chi connectivity index (χ3n) is 4.76. The summed E-state index contributed by atoms with van der Waals surface area (Å²) in [6.07, 6.45) is 15.5. The fraction of sp³-hybridized carbons (Fsp3) is 0.714. The molecule has 0 N–H and O–H groups in total. The summed E-state index contributed by atoms with van der Waals surface area (Å²) in [6.45, 7) is 8.21. The van der Waals surface area contributed by atoms with Crippen molar-refractivity contribution in [3.05, 3.63) is 25.3 Å². The van der Waals surface area contributed by atoms with E-state index in [1.54, 1.807) is 0 Å². The summed E-state index contributed by atoms with van der Waals surface area (Å²) in [7, 11) is 0. The van der Waals surface area contributed by atoms with Crippen LogP contribution >= 0.6 is 0 Å². The summed E-state index contributed by atoms with van der Waals surface area (Å²) < 4.78 is 0. The van der Waals surface area contributed by atoms with Crippen LogP contribution in [0.25, 0.3) is 0 Å². The van der Waals surface area contributed by atoms with E-state index < -0.39 is 0 Å². The molecule has 2 saturated carbocycles. The van der Waals surface area contributed by atoms with E-state index in [2.05, 4.69) is 25.3 Å². The average Bonchev–Trinajstić information content (AvgIpc) is 2.28. The molecule has 0 nitrogen and oxygen atoms in total. The van der Waals surface area contributed by atoms with Gasteiger partial charge in [0.1, 0.15) is 0 Å². The highest BCUT2D eigenvalue weighted by Gasteiger charge is 2.49. The molecule has 0 bridgehead atoms. The van der Waals surface area contributed by atoms with Crippen LogP contribution in [0.15, 0.2) is 25.3 Å². The van der Waals surface area contributed by atoms with Gasteiger partial charge in [-0.25, -0.2) is 0 Å². The topological polar surface area (TPSA) is 0 Å². The van der Waals surface area contributed by atoms with E-state index >= 15 is 0 Å². The molecule has 0 amide bonds. The van der Waals surface area contributed by atoms with Gasteiger partial charge in [-0.15, -0.1) is 13.2 Å². The minimum absolute atomic E-state index is 0.408. The third kappa shape index (κ3) is 1.20. The highest BCUT2D eigenvalue weighted by molar-refractivity contribution is 5.16. The monoisotopic (exact) mass is 190 g/mol. The van der Waals surface area contributed by atoms with Crippen molar-refractivity contribution in [2.75, 3.05) is 0 Å². The van der Waals surface area contributed by atoms with Crippen LogP contribution in [0.5, 0.6) is 0 Å². The first-order valence-electron chi connectivity index (χ1n) is 6.06. The van der Waals surface area contributed by atoms with E-state index in [0.717, 1.165) is 0 Å². The van der Waals surface area contributed by atoms with Gasteiger partial charge in [0, 0.05) is 0 Å². The molecule has 0 spiro atoms. The van der Waals surface area contributed by atoms with Gasteiger partial charge in [-0.3, -0.25) is 0 Å². The lowest BCUT2D eigenvalue weighted by molar-refractivity contribution is 0.0259. The molecule has 2 aliphatic carbocycles. The summed E-state index contributed by atoms with van der Waals surface area (Å²) in [5, 5.41) is 0. The summed E-state index contributed by atoms with van der Waals surface area (Å²) in [4.78, 5) is 0. The summed E-state index contributed by atoms with van der Waals surface area (Å²) in [6, 6.07) is 0. The van der Waals surface area contributed by atoms with Crippen molar-refractivity contribution in [3.8, 4) is 0 Å². The zero-order valence-corrected chi connectivity index (χ0v) is 9.23. The van der Waals surface area contributed by atoms with Crippen molar-refractivity contribution < 1.29 is 0 Å². The van der Waals surface area contributed by atoms with Crippen LogP contribution < -0.4 is 0 Å². The summed E-state index contributed by atoms with van der Waals surface area (Å²) in [5.74, 6) is 0. The number of fused-ring (bicyclic) bond motifs is 1. The second kappa shape index (κ2) is 3.56. The smallest absolute Gasteiger partial charge is 0.00301 e. The first kappa shape index (κ1) is 10.0. The molecular weight excluding hydrogens is 168 g/mol. The molecule has 0 aromatic carbocycles. The van der Waals surface area contributed by atoms with Crippen molar-refractivity contribution in [1.29, 1.82) is 0 Å². The van der Waals surface area contributed by atoms with Gasteiger partial charge in [0.05, 0.1) is 0 Å². The van der Waals surface area contributed by atoms with Gasteiger partial charge in [-0.2, -0.15) is 0 Å². The fourth-order valence-electron chi connectivity index (χ4n) is 3.82. The summed E-state index contributed by atoms with van der Waals surface area (Å²) >= 11 is 0. The summed E-state index contributed by atoms with van der Waals surface area (Å²) in [5.41, 5.74) is 0.816. The lowest BCUT2D eigenvalue weighted by Gasteiger charge is -2.54. The molecule has 0 unspecified atom stereocenters. The molecule has 0 atom stereocenters. The number of rotatable bonds is 2. The van der Waals surface area contributed by atoms with Gasteiger partial charge in [0.15, 0.2) is 0 Å². The largest absolute Gasteiger partial charge is 0.102 e. The predicted molar refractivity (Wildman–Crippen MR) is 62.2 cm³/mol. The highest BCUT2D eigenvalue weighted by Crippen LogP contribution is 2.60. The fourth-order valence-corrected chi connectivity index (χ4v) is 3.82. The van der Waals surface area contributed by atoms with Crippen LogP contribution in [0.1, 0.15) is 51.4 Å². The molecule has 0 aromatic heterocycles. The van der Waals surface area contributed by atoms with Gasteiger partial charge in [0.2, 0.25) is 0 Å². The Labute approximate surface area is 88.1 Å². The normalized spacial score (nSPS) is 42.6. The second-order valence-corrected chi connectivity index (χ2v) is 5.13. The van der Waals surface area contributed by atoms with Crippen molar-refractivity contribution in [2.45, 2.75) is 51.4 Å². The van der Waals surface area contributed by atoms with E-state index in [-0.39, 0.29) is 0 Å². The zero-order valence-electron chi connectivity index (χ0n) is 9.23. The molecule has 2 fully saturated rings. The molecule has 2 rings (SSSR count). The Hall–Kier alpha value is -0.520. The molecule has 0 heteroatoms. The Bertz CT molecular complexity index is 198. The van der Waals surface area contributed by atoms with Crippen molar-refractivity contribution in [3.63, 3.8) is 0 Å². The van der Waals surface area contributed by atoms with Crippen molar-refractivity contribution in [2.24, 2.45) is 10.8 Å². The van der Waals surface area contributed by atoms with Crippen LogP contribution in [0, 0.1) is 10.8 Å². The van der Waals surface area contributed by atoms with Crippen molar-refractivity contribution in [1.82, 2.24) is 0 Å². The molecular formula is C14H22. The molecule has 0 saturated heterocycles. The van der Waals surface area contributed by atoms with E-state index in [4.69, 9.17) is 0 Å². The number of hydrogen-bond donors (Lipinski definition) is 0. The van der Waals surface area contributed by atoms with Crippen molar-refractivity contribution >= 4 is 0 Å². The molecule has 2 aliphatic rings. The Balaban J connectivity index is 2.36. The molecule has 78 valence electrons. The Morgan fingerprint density at radius 3 is 1.14 bits per heavy atom. The minimum atomic E-state index is 0.408. The molecule has 14 heavy (non-hydrogen) atoms. The van der Waals surface area contributed by atoms with Gasteiger partial charge in [-0.1, -0.05) is 37.8 Å². The van der Waals surface area contributed by atoms with Gasteiger partial charge < -0.3 is 0 Å². The van der Waals surface area contributed by atoms with E-state index in [0.29, 0.717) is 10.8 Å². The Kier molecular flexibility index (Phi) is 2.55. The molecule has 0 heterocycles. The quantitative estimate of drug-likeness (QED) is 0.563. The van der Waals surface area contributed by atoms with Crippen LogP contribution in [-0.4, -0.2) is 0 Å². The van der Waals surface area contributed by atoms with Crippen LogP contribution in [0.3, 0.4) is 0 Å². The second-order valence-electron chi connectivity index (χ2n) is 5.13. The third-order valence-corrected chi connectivity index (χ3v) is 4.76. The number of allylic oxidation sites excluding steroid dienone is 2. The highest BCUT2D eigenvalue weighted by atomic mass is 14.5. The maximum Gasteiger partial charge on any atom is -0.00301 e. The lowest BCUT2D eigenvalue weighted by atomic mass is 9.50. The molecule has 0 aliphatic heterocycles. The average molecular weight is 190 g/mol. The molecule has 0 aromatic rings. The predicted octanol–water partition coefficient (Wildman–Crippen LogP) is 4.48. The SMILES string of the molecule is C=CC12CCCCC1(C=C)CCCC2. The Morgan fingerprint density at radius 1 is 0.643 bits per heavy atom. The van der Waals surface area contributed by atoms with Crippen LogP contribution in [0.2, 0.25) is 0 Å². The van der Waals surface area contributed by atoms with Gasteiger partial charge in [0.25, 0.3) is 0 Å². The maximum atomic E-state index is 4.10. The van der Waals surface area contributed by atoms with Crippen LogP contribution in [-0.2, 0) is 0 Å². The first-order valence-corrected chi connectivity index (χ1v) is 6.06.